The number of carbonyl (C=O) groups excluding carboxylic acids is 1. The van der Waals surface area contributed by atoms with E-state index < -0.39 is 40.6 Å². The van der Waals surface area contributed by atoms with Crippen LogP contribution in [0, 0.1) is 21.8 Å². The molecule has 11 heteroatoms. The molecule has 0 radical (unpaired) electrons. The first-order chi connectivity index (χ1) is 13.8. The van der Waals surface area contributed by atoms with Gasteiger partial charge in [-0.2, -0.15) is 31.6 Å². The molecule has 2 aromatic rings. The number of anilines is 2. The van der Waals surface area contributed by atoms with E-state index in [1.54, 1.807) is 31.2 Å². The highest BCUT2D eigenvalue weighted by Crippen LogP contribution is 2.37. The number of nitrogens with one attached hydrogen (secondary N) is 2. The van der Waals surface area contributed by atoms with Crippen molar-refractivity contribution in [2.24, 2.45) is 0 Å². The summed E-state index contributed by atoms with van der Waals surface area (Å²) in [6.45, 7) is 1.72. The number of hydrogen-bond acceptors (Lipinski definition) is 3. The van der Waals surface area contributed by atoms with E-state index >= 15 is 0 Å². The van der Waals surface area contributed by atoms with Crippen molar-refractivity contribution in [3.8, 4) is 6.07 Å². The van der Waals surface area contributed by atoms with Crippen LogP contribution in [0.4, 0.5) is 37.7 Å². The summed E-state index contributed by atoms with van der Waals surface area (Å²) < 4.78 is 78.4. The maximum atomic E-state index is 12.9. The molecule has 30 heavy (non-hydrogen) atoms. The number of rotatable bonds is 4. The van der Waals surface area contributed by atoms with Crippen molar-refractivity contribution < 1.29 is 31.1 Å². The summed E-state index contributed by atoms with van der Waals surface area (Å²) in [4.78, 5) is 12.3. The van der Waals surface area contributed by atoms with Gasteiger partial charge in [0.2, 0.25) is 0 Å². The lowest BCUT2D eigenvalue weighted by Gasteiger charge is -2.14. The third-order valence-electron chi connectivity index (χ3n) is 3.77. The van der Waals surface area contributed by atoms with Crippen LogP contribution in [0.1, 0.15) is 16.7 Å². The zero-order valence-corrected chi connectivity index (χ0v) is 17.2. The molecule has 0 saturated heterocycles. The fraction of sp³-hybridized carbons (Fsp3) is 0.158. The van der Waals surface area contributed by atoms with Gasteiger partial charge in [-0.25, -0.2) is 0 Å². The average Bonchev–Trinajstić information content (AvgIpc) is 2.63. The molecule has 4 nitrogen and oxygen atoms in total. The Labute approximate surface area is 180 Å². The van der Waals surface area contributed by atoms with E-state index in [1.165, 1.54) is 0 Å². The third-order valence-corrected chi connectivity index (χ3v) is 4.44. The van der Waals surface area contributed by atoms with E-state index in [-0.39, 0.29) is 6.07 Å². The van der Waals surface area contributed by atoms with E-state index in [9.17, 15) is 31.1 Å². The zero-order chi connectivity index (χ0) is 22.7. The van der Waals surface area contributed by atoms with Crippen molar-refractivity contribution in [2.45, 2.75) is 19.3 Å². The topological polar surface area (TPSA) is 64.9 Å². The van der Waals surface area contributed by atoms with Gasteiger partial charge in [-0.1, -0.05) is 0 Å². The normalized spacial score (nSPS) is 12.3. The highest BCUT2D eigenvalue weighted by molar-refractivity contribution is 14.1. The SMILES string of the molecule is Cc1cc(I)ccc1NC(=O)/C(C#N)=C\Nc1cc(C(F)(F)F)cc(C(F)(F)F)c1. The minimum atomic E-state index is -5.01. The molecule has 0 bridgehead atoms. The second kappa shape index (κ2) is 8.95. The summed E-state index contributed by atoms with van der Waals surface area (Å²) in [5, 5.41) is 13.8. The summed E-state index contributed by atoms with van der Waals surface area (Å²) in [5.41, 5.74) is -3.06. The first-order valence-corrected chi connectivity index (χ1v) is 9.13. The first kappa shape index (κ1) is 23.5. The monoisotopic (exact) mass is 539 g/mol. The lowest BCUT2D eigenvalue weighted by atomic mass is 10.1. The maximum absolute atomic E-state index is 12.9. The summed E-state index contributed by atoms with van der Waals surface area (Å²) in [7, 11) is 0. The minimum Gasteiger partial charge on any atom is -0.360 e. The van der Waals surface area contributed by atoms with E-state index in [0.717, 1.165) is 9.77 Å². The number of amides is 1. The Hall–Kier alpha value is -2.75. The standard InChI is InChI=1S/C19H12F6IN3O/c1-10-4-14(26)2-3-16(10)29-17(30)11(8-27)9-28-15-6-12(18(20,21)22)5-13(7-15)19(23,24)25/h2-7,9,28H,1H3,(H,29,30)/b11-9-. The second-order valence-electron chi connectivity index (χ2n) is 6.02. The highest BCUT2D eigenvalue weighted by Gasteiger charge is 2.36. The lowest BCUT2D eigenvalue weighted by molar-refractivity contribution is -0.143. The van der Waals surface area contributed by atoms with Crippen LogP contribution in [0.25, 0.3) is 0 Å². The number of carbonyl (C=O) groups is 1. The first-order valence-electron chi connectivity index (χ1n) is 8.05. The van der Waals surface area contributed by atoms with E-state index in [0.29, 0.717) is 23.4 Å². The number of hydrogen-bond donors (Lipinski definition) is 2. The van der Waals surface area contributed by atoms with Crippen molar-refractivity contribution in [3.05, 3.63) is 68.4 Å². The molecule has 0 atom stereocenters. The molecule has 0 aliphatic rings. The molecule has 158 valence electrons. The number of benzene rings is 2. The van der Waals surface area contributed by atoms with Gasteiger partial charge in [0.1, 0.15) is 11.6 Å². The fourth-order valence-electron chi connectivity index (χ4n) is 2.30. The predicted molar refractivity (Wildman–Crippen MR) is 106 cm³/mol. The Morgan fingerprint density at radius 2 is 1.60 bits per heavy atom. The average molecular weight is 539 g/mol. The molecule has 0 saturated carbocycles. The van der Waals surface area contributed by atoms with Gasteiger partial charge in [0.05, 0.1) is 11.1 Å². The fourth-order valence-corrected chi connectivity index (χ4v) is 2.95. The number of nitriles is 1. The van der Waals surface area contributed by atoms with Gasteiger partial charge in [-0.15, -0.1) is 0 Å². The Kier molecular flexibility index (Phi) is 7.02. The molecule has 2 aromatic carbocycles. The van der Waals surface area contributed by atoms with Gasteiger partial charge in [-0.05, 0) is 71.5 Å². The van der Waals surface area contributed by atoms with Crippen LogP contribution in [0.2, 0.25) is 0 Å². The predicted octanol–water partition coefficient (Wildman–Crippen LogP) is 6.10. The highest BCUT2D eigenvalue weighted by atomic mass is 127. The van der Waals surface area contributed by atoms with Crippen LogP contribution in [0.5, 0.6) is 0 Å². The van der Waals surface area contributed by atoms with Gasteiger partial charge in [0.15, 0.2) is 0 Å². The molecule has 2 rings (SSSR count). The number of alkyl halides is 6. The number of halogens is 7. The van der Waals surface area contributed by atoms with Crippen LogP contribution in [-0.4, -0.2) is 5.91 Å². The quantitative estimate of drug-likeness (QED) is 0.214. The Balaban J connectivity index is 2.31. The molecule has 0 aliphatic heterocycles. The summed E-state index contributed by atoms with van der Waals surface area (Å²) in [6.07, 6.45) is -9.29. The van der Waals surface area contributed by atoms with Crippen molar-refractivity contribution in [1.82, 2.24) is 0 Å². The smallest absolute Gasteiger partial charge is 0.360 e. The van der Waals surface area contributed by atoms with E-state index in [1.807, 2.05) is 0 Å². The largest absolute Gasteiger partial charge is 0.416 e. The molecule has 0 aliphatic carbocycles. The Morgan fingerprint density at radius 1 is 1.03 bits per heavy atom. The maximum Gasteiger partial charge on any atom is 0.416 e. The van der Waals surface area contributed by atoms with Gasteiger partial charge >= 0.3 is 12.4 Å². The van der Waals surface area contributed by atoms with Crippen molar-refractivity contribution in [1.29, 1.82) is 5.26 Å². The Bertz CT molecular complexity index is 1010. The molecule has 0 unspecified atom stereocenters. The molecule has 0 heterocycles. The minimum absolute atomic E-state index is 0.0215. The Morgan fingerprint density at radius 3 is 2.07 bits per heavy atom. The van der Waals surface area contributed by atoms with Crippen LogP contribution < -0.4 is 10.6 Å². The number of aryl methyl sites for hydroxylation is 1. The van der Waals surface area contributed by atoms with Crippen molar-refractivity contribution >= 4 is 39.9 Å². The number of nitrogens with zero attached hydrogens (tertiary/aromatic N) is 1. The summed E-state index contributed by atoms with van der Waals surface area (Å²) in [5.74, 6) is -0.877. The summed E-state index contributed by atoms with van der Waals surface area (Å²) in [6, 6.07) is 7.50. The van der Waals surface area contributed by atoms with Crippen LogP contribution in [0.3, 0.4) is 0 Å². The van der Waals surface area contributed by atoms with Crippen LogP contribution in [0.15, 0.2) is 48.2 Å². The molecule has 2 N–H and O–H groups in total. The third kappa shape index (κ3) is 6.12. The van der Waals surface area contributed by atoms with Gasteiger partial charge in [0, 0.05) is 21.1 Å². The molecular formula is C19H12F6IN3O. The molecule has 0 aromatic heterocycles. The molecular weight excluding hydrogens is 527 g/mol. The van der Waals surface area contributed by atoms with Crippen LogP contribution >= 0.6 is 22.6 Å². The second-order valence-corrected chi connectivity index (χ2v) is 7.27. The van der Waals surface area contributed by atoms with Crippen molar-refractivity contribution in [2.75, 3.05) is 10.6 Å². The van der Waals surface area contributed by atoms with E-state index in [4.69, 9.17) is 5.26 Å². The van der Waals surface area contributed by atoms with Gasteiger partial charge in [-0.3, -0.25) is 4.79 Å². The molecule has 0 spiro atoms. The van der Waals surface area contributed by atoms with E-state index in [2.05, 4.69) is 33.2 Å². The molecule has 1 amide bonds. The molecule has 0 fully saturated rings. The summed E-state index contributed by atoms with van der Waals surface area (Å²) >= 11 is 2.07. The van der Waals surface area contributed by atoms with Gasteiger partial charge in [0.25, 0.3) is 5.91 Å². The van der Waals surface area contributed by atoms with Crippen molar-refractivity contribution in [3.63, 3.8) is 0 Å². The lowest BCUT2D eigenvalue weighted by Crippen LogP contribution is -2.15. The van der Waals surface area contributed by atoms with Crippen LogP contribution in [-0.2, 0) is 17.1 Å². The zero-order valence-electron chi connectivity index (χ0n) is 15.0. The van der Waals surface area contributed by atoms with Gasteiger partial charge < -0.3 is 10.6 Å².